The molecule has 0 aromatic heterocycles. The molecule has 0 aliphatic heterocycles. The Morgan fingerprint density at radius 2 is 1.17 bits per heavy atom. The topological polar surface area (TPSA) is 61.9 Å². The van der Waals surface area contributed by atoms with Crippen molar-refractivity contribution in [3.05, 3.63) is 0 Å². The predicted octanol–water partition coefficient (Wildman–Crippen LogP) is 4.11. The molecule has 12 heteroatoms. The molecule has 0 N–H and O–H groups in total. The summed E-state index contributed by atoms with van der Waals surface area (Å²) in [7, 11) is 9.09. The van der Waals surface area contributed by atoms with E-state index in [0.29, 0.717) is 11.3 Å². The van der Waals surface area contributed by atoms with Gasteiger partial charge in [-0.25, -0.2) is 0 Å². The van der Waals surface area contributed by atoms with Crippen LogP contribution in [0.2, 0.25) is 23.7 Å². The minimum atomic E-state index is -1.13. The van der Waals surface area contributed by atoms with E-state index in [2.05, 4.69) is 44.7 Å². The summed E-state index contributed by atoms with van der Waals surface area (Å²) in [6.07, 6.45) is 7.23. The lowest BCUT2D eigenvalue weighted by Gasteiger charge is -2.36. The molecule has 8 nitrogen and oxygen atoms in total. The molecule has 213 valence electrons. The van der Waals surface area contributed by atoms with Crippen LogP contribution in [0.1, 0.15) is 59.3 Å². The van der Waals surface area contributed by atoms with Crippen LogP contribution in [0.5, 0.6) is 0 Å². The maximum atomic E-state index is 5.87. The first-order valence-corrected chi connectivity index (χ1v) is 19.2. The molecule has 0 aliphatic carbocycles. The molecule has 1 atom stereocenters. The molecule has 0 fully saturated rings. The third kappa shape index (κ3) is 17.2. The van der Waals surface area contributed by atoms with E-state index in [9.17, 15) is 0 Å². The number of hydrogen-bond donors (Lipinski definition) is 0. The zero-order valence-corrected chi connectivity index (χ0v) is 28.7. The lowest BCUT2D eigenvalue weighted by molar-refractivity contribution is 0.142. The minimum Gasteiger partial charge on any atom is -0.397 e. The van der Waals surface area contributed by atoms with Gasteiger partial charge in [-0.05, 0) is 72.4 Å². The van der Waals surface area contributed by atoms with Crippen LogP contribution in [0.4, 0.5) is 0 Å². The summed E-state index contributed by atoms with van der Waals surface area (Å²) in [6, 6.07) is 3.30. The maximum absolute atomic E-state index is 5.87. The van der Waals surface area contributed by atoms with Crippen molar-refractivity contribution in [3.8, 4) is 0 Å². The number of nitrogens with zero attached hydrogens (tertiary/aromatic N) is 2. The summed E-state index contributed by atoms with van der Waals surface area (Å²) in [5.74, 6) is 0.469. The van der Waals surface area contributed by atoms with E-state index >= 15 is 0 Å². The number of unbranched alkanes of at least 4 members (excludes halogenated alkanes) is 2. The molecule has 0 rings (SSSR count). The van der Waals surface area contributed by atoms with Gasteiger partial charge in [0.05, 0.1) is 9.52 Å². The van der Waals surface area contributed by atoms with E-state index in [1.165, 1.54) is 31.7 Å². The third-order valence-corrected chi connectivity index (χ3v) is 13.6. The second-order valence-electron chi connectivity index (χ2n) is 8.99. The van der Waals surface area contributed by atoms with Gasteiger partial charge in [0.2, 0.25) is 0 Å². The van der Waals surface area contributed by atoms with E-state index in [-0.39, 0.29) is 0 Å². The van der Waals surface area contributed by atoms with Crippen molar-refractivity contribution in [2.75, 3.05) is 68.8 Å². The Bertz CT molecular complexity index is 452. The minimum absolute atomic E-state index is 0.469. The van der Waals surface area contributed by atoms with Crippen molar-refractivity contribution in [3.63, 3.8) is 0 Å². The van der Waals surface area contributed by atoms with E-state index in [1.807, 2.05) is 0 Å². The first-order chi connectivity index (χ1) is 17.4. The van der Waals surface area contributed by atoms with Crippen molar-refractivity contribution >= 4 is 37.4 Å². The Kier molecular flexibility index (Phi) is 25.0. The zero-order chi connectivity index (χ0) is 27.2. The maximum Gasteiger partial charge on any atom is 0.387 e. The average Bonchev–Trinajstić information content (AvgIpc) is 2.88. The predicted molar refractivity (Wildman–Crippen MR) is 155 cm³/mol. The van der Waals surface area contributed by atoms with Gasteiger partial charge in [-0.15, -0.1) is 0 Å². The van der Waals surface area contributed by atoms with Crippen molar-refractivity contribution in [2.24, 2.45) is 0 Å². The Hall–Kier alpha value is 0.548. The van der Waals surface area contributed by atoms with Crippen LogP contribution in [-0.4, -0.2) is 122 Å². The van der Waals surface area contributed by atoms with E-state index in [1.54, 1.807) is 28.4 Å². The molecule has 0 saturated heterocycles. The SMILES string of the molecule is CCO[Si](OCC)C(C)CCCCC[Si]C(N(C)CCC[Si](OC)OC)N(C)CCC[Si](OC)OC. The van der Waals surface area contributed by atoms with E-state index in [0.717, 1.165) is 60.8 Å². The van der Waals surface area contributed by atoms with Gasteiger partial charge < -0.3 is 26.6 Å². The van der Waals surface area contributed by atoms with Crippen LogP contribution in [0.3, 0.4) is 0 Å². The number of rotatable bonds is 26. The fourth-order valence-corrected chi connectivity index (χ4v) is 9.42. The molecule has 0 spiro atoms. The monoisotopic (exact) mass is 579 g/mol. The highest BCUT2D eigenvalue weighted by Crippen LogP contribution is 2.21. The van der Waals surface area contributed by atoms with E-state index < -0.39 is 27.9 Å². The van der Waals surface area contributed by atoms with Crippen LogP contribution in [0.25, 0.3) is 0 Å². The average molecular weight is 580 g/mol. The Morgan fingerprint density at radius 3 is 1.58 bits per heavy atom. The molecule has 5 radical (unpaired) electrons. The van der Waals surface area contributed by atoms with Crippen LogP contribution in [0.15, 0.2) is 0 Å². The first kappa shape index (κ1) is 36.5. The van der Waals surface area contributed by atoms with Gasteiger partial charge in [-0.2, -0.15) is 0 Å². The molecule has 0 saturated carbocycles. The van der Waals surface area contributed by atoms with Crippen LogP contribution >= 0.6 is 0 Å². The standard InChI is InChI=1S/C24H55N2O6Si4/c1-10-31-36(32-11-2)23(3)17-13-12-14-20-33-24(25(4)18-15-21-34(27-6)28-7)26(5)19-16-22-35(29-8)30-9/h23-24H,10-22H2,1-9H3. The zero-order valence-electron chi connectivity index (χ0n) is 24.7. The largest absolute Gasteiger partial charge is 0.397 e. The summed E-state index contributed by atoms with van der Waals surface area (Å²) < 4.78 is 33.6. The lowest BCUT2D eigenvalue weighted by atomic mass is 10.2. The molecule has 1 unspecified atom stereocenters. The molecule has 36 heavy (non-hydrogen) atoms. The summed E-state index contributed by atoms with van der Waals surface area (Å²) in [5, 5.41) is 0. The molecule has 0 aromatic carbocycles. The smallest absolute Gasteiger partial charge is 0.387 e. The van der Waals surface area contributed by atoms with Crippen molar-refractivity contribution in [2.45, 2.75) is 88.8 Å². The van der Waals surface area contributed by atoms with Crippen LogP contribution < -0.4 is 0 Å². The van der Waals surface area contributed by atoms with Gasteiger partial charge >= 0.3 is 27.9 Å². The summed E-state index contributed by atoms with van der Waals surface area (Å²) in [6.45, 7) is 10.0. The number of hydrogen-bond acceptors (Lipinski definition) is 8. The van der Waals surface area contributed by atoms with Crippen LogP contribution in [0, 0.1) is 0 Å². The van der Waals surface area contributed by atoms with Gasteiger partial charge in [-0.1, -0.05) is 32.2 Å². The summed E-state index contributed by atoms with van der Waals surface area (Å²) >= 11 is 0. The molecular formula is C24H55N2O6Si4. The van der Waals surface area contributed by atoms with Gasteiger partial charge in [0.15, 0.2) is 0 Å². The quantitative estimate of drug-likeness (QED) is 0.0862. The Balaban J connectivity index is 4.62. The Labute approximate surface area is 231 Å². The van der Waals surface area contributed by atoms with Crippen LogP contribution in [-0.2, 0) is 26.6 Å². The highest BCUT2D eigenvalue weighted by atomic mass is 28.3. The summed E-state index contributed by atoms with van der Waals surface area (Å²) in [4.78, 5) is 5.06. The van der Waals surface area contributed by atoms with Gasteiger partial charge in [0.1, 0.15) is 0 Å². The molecule has 0 bridgehead atoms. The second kappa shape index (κ2) is 24.6. The van der Waals surface area contributed by atoms with Crippen molar-refractivity contribution in [1.82, 2.24) is 9.80 Å². The molecule has 0 amide bonds. The molecule has 0 aromatic rings. The fraction of sp³-hybridized carbons (Fsp3) is 1.00. The van der Waals surface area contributed by atoms with Gasteiger partial charge in [0, 0.05) is 53.0 Å². The fourth-order valence-electron chi connectivity index (χ4n) is 4.13. The third-order valence-electron chi connectivity index (χ3n) is 6.15. The van der Waals surface area contributed by atoms with Gasteiger partial charge in [0.25, 0.3) is 0 Å². The van der Waals surface area contributed by atoms with Crippen molar-refractivity contribution < 1.29 is 26.6 Å². The van der Waals surface area contributed by atoms with E-state index in [4.69, 9.17) is 26.6 Å². The first-order valence-electron chi connectivity index (χ1n) is 13.5. The molecule has 0 aliphatic rings. The van der Waals surface area contributed by atoms with Gasteiger partial charge in [-0.3, -0.25) is 9.80 Å². The normalized spacial score (nSPS) is 13.4. The summed E-state index contributed by atoms with van der Waals surface area (Å²) in [5.41, 5.74) is 0.540. The highest BCUT2D eigenvalue weighted by Gasteiger charge is 2.24. The second-order valence-corrected chi connectivity index (χ2v) is 16.7. The molecular weight excluding hydrogens is 525 g/mol. The lowest BCUT2D eigenvalue weighted by Crippen LogP contribution is -2.49. The highest BCUT2D eigenvalue weighted by molar-refractivity contribution is 6.46. The molecule has 0 heterocycles. The van der Waals surface area contributed by atoms with Crippen molar-refractivity contribution in [1.29, 1.82) is 0 Å². The Morgan fingerprint density at radius 1 is 0.694 bits per heavy atom.